The summed E-state index contributed by atoms with van der Waals surface area (Å²) in [6, 6.07) is 15.9. The number of guanidine groups is 1. The molecule has 31 heavy (non-hydrogen) atoms. The van der Waals surface area contributed by atoms with E-state index >= 15 is 0 Å². The number of ether oxygens (including phenoxy) is 3. The van der Waals surface area contributed by atoms with Crippen molar-refractivity contribution in [3.05, 3.63) is 54.1 Å². The number of aliphatic imine (C=N–C) groups is 1. The van der Waals surface area contributed by atoms with Crippen LogP contribution in [-0.2, 0) is 11.3 Å². The maximum Gasteiger partial charge on any atom is 0.191 e. The van der Waals surface area contributed by atoms with E-state index in [0.29, 0.717) is 19.7 Å². The molecular formula is C23H35IN4O3. The number of rotatable bonds is 12. The Balaban J connectivity index is 0.00000480. The van der Waals surface area contributed by atoms with Gasteiger partial charge in [0.2, 0.25) is 0 Å². The molecule has 2 aromatic carbocycles. The van der Waals surface area contributed by atoms with Gasteiger partial charge in [0.15, 0.2) is 17.5 Å². The molecule has 0 aliphatic rings. The summed E-state index contributed by atoms with van der Waals surface area (Å²) in [5.74, 6) is 2.22. The second kappa shape index (κ2) is 15.6. The number of nitrogens with zero attached hydrogens (tertiary/aromatic N) is 1. The average Bonchev–Trinajstić information content (AvgIpc) is 2.77. The van der Waals surface area contributed by atoms with Crippen LogP contribution < -0.4 is 25.4 Å². The lowest BCUT2D eigenvalue weighted by Gasteiger charge is -2.19. The fourth-order valence-corrected chi connectivity index (χ4v) is 2.75. The number of hydrogen-bond acceptors (Lipinski definition) is 5. The summed E-state index contributed by atoms with van der Waals surface area (Å²) in [5, 5.41) is 9.92. The molecule has 0 heterocycles. The van der Waals surface area contributed by atoms with Crippen molar-refractivity contribution in [2.24, 2.45) is 4.99 Å². The summed E-state index contributed by atoms with van der Waals surface area (Å²) >= 11 is 0. The summed E-state index contributed by atoms with van der Waals surface area (Å²) in [6.45, 7) is 7.53. The van der Waals surface area contributed by atoms with Gasteiger partial charge in [-0.05, 0) is 43.7 Å². The van der Waals surface area contributed by atoms with Gasteiger partial charge < -0.3 is 30.2 Å². The Morgan fingerprint density at radius 1 is 1.00 bits per heavy atom. The number of para-hydroxylation sites is 2. The van der Waals surface area contributed by atoms with Crippen molar-refractivity contribution in [3.8, 4) is 11.5 Å². The molecule has 0 aromatic heterocycles. The van der Waals surface area contributed by atoms with E-state index in [4.69, 9.17) is 14.2 Å². The third-order valence-electron chi connectivity index (χ3n) is 4.31. The molecule has 0 bridgehead atoms. The lowest BCUT2D eigenvalue weighted by molar-refractivity contribution is 0.211. The molecule has 172 valence electrons. The molecule has 2 rings (SSSR count). The van der Waals surface area contributed by atoms with Gasteiger partial charge in [0.05, 0.1) is 26.8 Å². The van der Waals surface area contributed by atoms with Crippen LogP contribution in [-0.4, -0.2) is 52.5 Å². The maximum atomic E-state index is 6.00. The van der Waals surface area contributed by atoms with Crippen molar-refractivity contribution < 1.29 is 14.2 Å². The van der Waals surface area contributed by atoms with Gasteiger partial charge in [0, 0.05) is 25.9 Å². The molecule has 2 aromatic rings. The predicted octanol–water partition coefficient (Wildman–Crippen LogP) is 3.89. The van der Waals surface area contributed by atoms with E-state index in [1.165, 1.54) is 0 Å². The minimum Gasteiger partial charge on any atom is -0.493 e. The fraction of sp³-hybridized carbons (Fsp3) is 0.435. The van der Waals surface area contributed by atoms with Gasteiger partial charge in [0.1, 0.15) is 6.10 Å². The van der Waals surface area contributed by atoms with Crippen LogP contribution >= 0.6 is 24.0 Å². The van der Waals surface area contributed by atoms with Gasteiger partial charge in [-0.15, -0.1) is 24.0 Å². The minimum atomic E-state index is -0.0531. The Morgan fingerprint density at radius 2 is 1.71 bits per heavy atom. The van der Waals surface area contributed by atoms with Gasteiger partial charge in [0.25, 0.3) is 0 Å². The number of anilines is 1. The van der Waals surface area contributed by atoms with Crippen LogP contribution in [0.5, 0.6) is 11.5 Å². The van der Waals surface area contributed by atoms with Gasteiger partial charge in [-0.3, -0.25) is 0 Å². The molecule has 1 atom stereocenters. The van der Waals surface area contributed by atoms with Gasteiger partial charge >= 0.3 is 0 Å². The van der Waals surface area contributed by atoms with Crippen LogP contribution in [0.3, 0.4) is 0 Å². The van der Waals surface area contributed by atoms with Crippen molar-refractivity contribution in [2.45, 2.75) is 26.5 Å². The van der Waals surface area contributed by atoms with Gasteiger partial charge in [-0.1, -0.05) is 24.3 Å². The molecular weight excluding hydrogens is 507 g/mol. The predicted molar refractivity (Wildman–Crippen MR) is 138 cm³/mol. The van der Waals surface area contributed by atoms with E-state index in [9.17, 15) is 0 Å². The Labute approximate surface area is 203 Å². The topological polar surface area (TPSA) is 76.1 Å². The minimum absolute atomic E-state index is 0. The van der Waals surface area contributed by atoms with Crippen LogP contribution in [0.2, 0.25) is 0 Å². The zero-order chi connectivity index (χ0) is 21.6. The number of benzene rings is 2. The van der Waals surface area contributed by atoms with Crippen molar-refractivity contribution in [2.75, 3.05) is 45.8 Å². The van der Waals surface area contributed by atoms with Crippen molar-refractivity contribution >= 4 is 35.6 Å². The molecule has 0 saturated heterocycles. The van der Waals surface area contributed by atoms with Gasteiger partial charge in [-0.25, -0.2) is 4.99 Å². The summed E-state index contributed by atoms with van der Waals surface area (Å²) in [5.41, 5.74) is 2.22. The summed E-state index contributed by atoms with van der Waals surface area (Å²) in [6.07, 6.45) is -0.0531. The first kappa shape index (κ1) is 26.8. The first-order chi connectivity index (χ1) is 14.7. The first-order valence-corrected chi connectivity index (χ1v) is 10.3. The molecule has 0 spiro atoms. The average molecular weight is 542 g/mol. The first-order valence-electron chi connectivity index (χ1n) is 10.3. The molecule has 8 heteroatoms. The Morgan fingerprint density at radius 3 is 2.35 bits per heavy atom. The molecule has 1 unspecified atom stereocenters. The van der Waals surface area contributed by atoms with Crippen molar-refractivity contribution in [1.82, 2.24) is 10.6 Å². The van der Waals surface area contributed by atoms with Crippen molar-refractivity contribution in [3.63, 3.8) is 0 Å². The highest BCUT2D eigenvalue weighted by Crippen LogP contribution is 2.26. The van der Waals surface area contributed by atoms with E-state index < -0.39 is 0 Å². The van der Waals surface area contributed by atoms with Crippen LogP contribution in [0.4, 0.5) is 5.69 Å². The lowest BCUT2D eigenvalue weighted by atomic mass is 10.2. The largest absolute Gasteiger partial charge is 0.493 e. The van der Waals surface area contributed by atoms with Crippen LogP contribution in [0.25, 0.3) is 0 Å². The highest BCUT2D eigenvalue weighted by Gasteiger charge is 2.09. The van der Waals surface area contributed by atoms with Crippen LogP contribution in [0, 0.1) is 0 Å². The summed E-state index contributed by atoms with van der Waals surface area (Å²) in [4.78, 5) is 4.68. The summed E-state index contributed by atoms with van der Waals surface area (Å²) in [7, 11) is 3.34. The highest BCUT2D eigenvalue weighted by atomic mass is 127. The fourth-order valence-electron chi connectivity index (χ4n) is 2.75. The quantitative estimate of drug-likeness (QED) is 0.164. The second-order valence-corrected chi connectivity index (χ2v) is 6.77. The van der Waals surface area contributed by atoms with E-state index in [1.807, 2.05) is 38.1 Å². The van der Waals surface area contributed by atoms with E-state index in [0.717, 1.165) is 41.8 Å². The molecule has 3 N–H and O–H groups in total. The third kappa shape index (κ3) is 10.1. The number of nitrogens with one attached hydrogen (secondary N) is 3. The molecule has 0 radical (unpaired) electrons. The zero-order valence-corrected chi connectivity index (χ0v) is 21.1. The zero-order valence-electron chi connectivity index (χ0n) is 18.8. The third-order valence-corrected chi connectivity index (χ3v) is 4.31. The Bertz CT molecular complexity index is 772. The van der Waals surface area contributed by atoms with Crippen molar-refractivity contribution in [1.29, 1.82) is 0 Å². The molecule has 0 aliphatic carbocycles. The van der Waals surface area contributed by atoms with E-state index in [1.54, 1.807) is 14.2 Å². The second-order valence-electron chi connectivity index (χ2n) is 6.77. The Kier molecular flexibility index (Phi) is 13.5. The lowest BCUT2D eigenvalue weighted by Crippen LogP contribution is -2.41. The molecule has 0 saturated carbocycles. The normalized spacial score (nSPS) is 11.8. The smallest absolute Gasteiger partial charge is 0.191 e. The maximum absolute atomic E-state index is 6.00. The molecule has 7 nitrogen and oxygen atoms in total. The standard InChI is InChI=1S/C23H34N4O3.HI/c1-5-24-23(26-16-18(2)30-22-9-7-6-8-21(22)29-4)27-17-19-10-12-20(13-11-19)25-14-15-28-3;/h6-13,18,25H,5,14-17H2,1-4H3,(H2,24,26,27);1H. The molecule has 0 fully saturated rings. The summed E-state index contributed by atoms with van der Waals surface area (Å²) < 4.78 is 16.4. The number of methoxy groups -OCH3 is 2. The highest BCUT2D eigenvalue weighted by molar-refractivity contribution is 14.0. The number of halogens is 1. The number of hydrogen-bond donors (Lipinski definition) is 3. The van der Waals surface area contributed by atoms with Crippen LogP contribution in [0.15, 0.2) is 53.5 Å². The molecule has 0 amide bonds. The molecule has 0 aliphatic heterocycles. The monoisotopic (exact) mass is 542 g/mol. The Hall–Kier alpha value is -2.20. The van der Waals surface area contributed by atoms with Crippen LogP contribution in [0.1, 0.15) is 19.4 Å². The van der Waals surface area contributed by atoms with E-state index in [2.05, 4.69) is 45.2 Å². The van der Waals surface area contributed by atoms with E-state index in [-0.39, 0.29) is 30.1 Å². The van der Waals surface area contributed by atoms with Gasteiger partial charge in [-0.2, -0.15) is 0 Å². The SMILES string of the molecule is CCNC(=NCc1ccc(NCCOC)cc1)NCC(C)Oc1ccccc1OC.I.